The van der Waals surface area contributed by atoms with Gasteiger partial charge in [-0.2, -0.15) is 0 Å². The first kappa shape index (κ1) is 17.7. The Morgan fingerprint density at radius 2 is 1.90 bits per heavy atom. The molecule has 0 saturated heterocycles. The van der Waals surface area contributed by atoms with E-state index in [1.54, 1.807) is 12.1 Å². The van der Waals surface area contributed by atoms with Crippen molar-refractivity contribution in [2.45, 2.75) is 31.6 Å². The van der Waals surface area contributed by atoms with E-state index >= 15 is 0 Å². The molecular formula is C15H23NO4S. The molecule has 118 valence electrons. The standard InChI is InChI=1S/C15H23NO4S/c1-4-15(5-2,11-17)10-16-14(18)12-7-6-8-13(9-12)21(3,19)20/h6-9,17H,4-5,10-11H2,1-3H3,(H,16,18). The fourth-order valence-electron chi connectivity index (χ4n) is 2.02. The van der Waals surface area contributed by atoms with Crippen LogP contribution in [0.5, 0.6) is 0 Å². The molecule has 0 aliphatic rings. The largest absolute Gasteiger partial charge is 0.396 e. The fraction of sp³-hybridized carbons (Fsp3) is 0.533. The highest BCUT2D eigenvalue weighted by Gasteiger charge is 2.26. The van der Waals surface area contributed by atoms with Crippen LogP contribution in [0.3, 0.4) is 0 Å². The summed E-state index contributed by atoms with van der Waals surface area (Å²) in [4.78, 5) is 12.3. The number of rotatable bonds is 7. The predicted octanol–water partition coefficient (Wildman–Crippen LogP) is 1.62. The van der Waals surface area contributed by atoms with Crippen LogP contribution in [0.4, 0.5) is 0 Å². The molecule has 0 atom stereocenters. The van der Waals surface area contributed by atoms with Gasteiger partial charge in [0, 0.05) is 23.8 Å². The van der Waals surface area contributed by atoms with Gasteiger partial charge >= 0.3 is 0 Å². The molecule has 1 rings (SSSR count). The Kier molecular flexibility index (Phi) is 5.92. The highest BCUT2D eigenvalue weighted by Crippen LogP contribution is 2.24. The molecule has 1 amide bonds. The normalized spacial score (nSPS) is 12.2. The molecule has 21 heavy (non-hydrogen) atoms. The van der Waals surface area contributed by atoms with Crippen LogP contribution < -0.4 is 5.32 Å². The summed E-state index contributed by atoms with van der Waals surface area (Å²) in [6.07, 6.45) is 2.61. The van der Waals surface area contributed by atoms with Gasteiger partial charge < -0.3 is 10.4 Å². The molecule has 0 aliphatic carbocycles. The van der Waals surface area contributed by atoms with Gasteiger partial charge in [-0.15, -0.1) is 0 Å². The highest BCUT2D eigenvalue weighted by atomic mass is 32.2. The third kappa shape index (κ3) is 4.54. The number of hydrogen-bond donors (Lipinski definition) is 2. The molecular weight excluding hydrogens is 290 g/mol. The molecule has 0 spiro atoms. The molecule has 1 aromatic rings. The summed E-state index contributed by atoms with van der Waals surface area (Å²) in [5.41, 5.74) is -0.0265. The Labute approximate surface area is 126 Å². The highest BCUT2D eigenvalue weighted by molar-refractivity contribution is 7.90. The zero-order valence-electron chi connectivity index (χ0n) is 12.7. The molecule has 0 heterocycles. The number of sulfone groups is 1. The maximum Gasteiger partial charge on any atom is 0.251 e. The summed E-state index contributed by atoms with van der Waals surface area (Å²) in [6, 6.07) is 5.94. The van der Waals surface area contributed by atoms with Gasteiger partial charge in [-0.05, 0) is 31.0 Å². The zero-order valence-corrected chi connectivity index (χ0v) is 13.5. The maximum atomic E-state index is 12.1. The lowest BCUT2D eigenvalue weighted by atomic mass is 9.83. The number of amides is 1. The van der Waals surface area contributed by atoms with Gasteiger partial charge in [-0.1, -0.05) is 19.9 Å². The van der Waals surface area contributed by atoms with Gasteiger partial charge in [0.05, 0.1) is 11.5 Å². The van der Waals surface area contributed by atoms with Crippen LogP contribution in [0, 0.1) is 5.41 Å². The molecule has 0 radical (unpaired) electrons. The number of carbonyl (C=O) groups excluding carboxylic acids is 1. The number of nitrogens with one attached hydrogen (secondary N) is 1. The molecule has 0 aliphatic heterocycles. The Balaban J connectivity index is 2.86. The second kappa shape index (κ2) is 7.04. The average molecular weight is 313 g/mol. The van der Waals surface area contributed by atoms with Crippen molar-refractivity contribution in [1.29, 1.82) is 0 Å². The number of hydrogen-bond acceptors (Lipinski definition) is 4. The van der Waals surface area contributed by atoms with Gasteiger partial charge in [0.1, 0.15) is 0 Å². The zero-order chi connectivity index (χ0) is 16.1. The lowest BCUT2D eigenvalue weighted by Crippen LogP contribution is -2.39. The van der Waals surface area contributed by atoms with E-state index < -0.39 is 9.84 Å². The third-order valence-electron chi connectivity index (χ3n) is 3.98. The van der Waals surface area contributed by atoms with Crippen molar-refractivity contribution < 1.29 is 18.3 Å². The predicted molar refractivity (Wildman–Crippen MR) is 82.0 cm³/mol. The van der Waals surface area contributed by atoms with Crippen molar-refractivity contribution in [3.63, 3.8) is 0 Å². The Bertz CT molecular complexity index is 583. The van der Waals surface area contributed by atoms with Crippen LogP contribution in [0.15, 0.2) is 29.2 Å². The van der Waals surface area contributed by atoms with Crippen LogP contribution >= 0.6 is 0 Å². The lowest BCUT2D eigenvalue weighted by Gasteiger charge is -2.29. The molecule has 0 unspecified atom stereocenters. The van der Waals surface area contributed by atoms with E-state index in [1.807, 2.05) is 13.8 Å². The van der Waals surface area contributed by atoms with E-state index in [-0.39, 0.29) is 22.8 Å². The van der Waals surface area contributed by atoms with E-state index in [1.165, 1.54) is 12.1 Å². The number of aliphatic hydroxyl groups is 1. The Morgan fingerprint density at radius 3 is 2.38 bits per heavy atom. The van der Waals surface area contributed by atoms with Crippen LogP contribution in [-0.2, 0) is 9.84 Å². The van der Waals surface area contributed by atoms with E-state index in [0.717, 1.165) is 19.1 Å². The van der Waals surface area contributed by atoms with E-state index in [9.17, 15) is 18.3 Å². The minimum atomic E-state index is -3.34. The van der Waals surface area contributed by atoms with Crippen LogP contribution in [0.1, 0.15) is 37.0 Å². The molecule has 0 saturated carbocycles. The van der Waals surface area contributed by atoms with E-state index in [4.69, 9.17) is 0 Å². The molecule has 0 bridgehead atoms. The van der Waals surface area contributed by atoms with Crippen molar-refractivity contribution in [3.05, 3.63) is 29.8 Å². The van der Waals surface area contributed by atoms with Gasteiger partial charge in [0.15, 0.2) is 9.84 Å². The van der Waals surface area contributed by atoms with Crippen molar-refractivity contribution >= 4 is 15.7 Å². The van der Waals surface area contributed by atoms with Crippen molar-refractivity contribution in [2.24, 2.45) is 5.41 Å². The second-order valence-corrected chi connectivity index (χ2v) is 7.36. The number of benzene rings is 1. The average Bonchev–Trinajstić information content (AvgIpc) is 2.48. The summed E-state index contributed by atoms with van der Waals surface area (Å²) in [5, 5.41) is 12.3. The second-order valence-electron chi connectivity index (χ2n) is 5.35. The monoisotopic (exact) mass is 313 g/mol. The summed E-state index contributed by atoms with van der Waals surface area (Å²) in [5.74, 6) is -0.333. The van der Waals surface area contributed by atoms with Crippen molar-refractivity contribution in [1.82, 2.24) is 5.32 Å². The van der Waals surface area contributed by atoms with E-state index in [2.05, 4.69) is 5.32 Å². The summed E-state index contributed by atoms with van der Waals surface area (Å²) in [6.45, 7) is 4.30. The number of carbonyl (C=O) groups is 1. The molecule has 1 aromatic carbocycles. The first-order valence-electron chi connectivity index (χ1n) is 6.97. The lowest BCUT2D eigenvalue weighted by molar-refractivity contribution is 0.0851. The third-order valence-corrected chi connectivity index (χ3v) is 5.09. The van der Waals surface area contributed by atoms with Gasteiger partial charge in [0.25, 0.3) is 5.91 Å². The molecule has 0 aromatic heterocycles. The van der Waals surface area contributed by atoms with Gasteiger partial charge in [0.2, 0.25) is 0 Å². The van der Waals surface area contributed by atoms with Gasteiger partial charge in [-0.25, -0.2) is 8.42 Å². The van der Waals surface area contributed by atoms with Crippen LogP contribution in [0.2, 0.25) is 0 Å². The first-order chi connectivity index (χ1) is 9.78. The molecule has 6 heteroatoms. The molecule has 2 N–H and O–H groups in total. The Morgan fingerprint density at radius 1 is 1.29 bits per heavy atom. The summed E-state index contributed by atoms with van der Waals surface area (Å²) < 4.78 is 23.0. The summed E-state index contributed by atoms with van der Waals surface area (Å²) in [7, 11) is -3.34. The number of aliphatic hydroxyl groups excluding tert-OH is 1. The fourth-order valence-corrected chi connectivity index (χ4v) is 2.68. The minimum Gasteiger partial charge on any atom is -0.396 e. The molecule has 0 fully saturated rings. The van der Waals surface area contributed by atoms with E-state index in [0.29, 0.717) is 12.1 Å². The van der Waals surface area contributed by atoms with Crippen molar-refractivity contribution in [3.8, 4) is 0 Å². The van der Waals surface area contributed by atoms with Crippen molar-refractivity contribution in [2.75, 3.05) is 19.4 Å². The smallest absolute Gasteiger partial charge is 0.251 e. The SMILES string of the molecule is CCC(CC)(CO)CNC(=O)c1cccc(S(C)(=O)=O)c1. The van der Waals surface area contributed by atoms with Gasteiger partial charge in [-0.3, -0.25) is 4.79 Å². The van der Waals surface area contributed by atoms with Crippen LogP contribution in [0.25, 0.3) is 0 Å². The topological polar surface area (TPSA) is 83.5 Å². The van der Waals surface area contributed by atoms with Crippen LogP contribution in [-0.4, -0.2) is 38.8 Å². The quantitative estimate of drug-likeness (QED) is 0.801. The first-order valence-corrected chi connectivity index (χ1v) is 8.86. The minimum absolute atomic E-state index is 0.00363. The summed E-state index contributed by atoms with van der Waals surface area (Å²) >= 11 is 0. The molecule has 5 nitrogen and oxygen atoms in total. The maximum absolute atomic E-state index is 12.1. The Hall–Kier alpha value is -1.40.